The number of thioether (sulfide) groups is 1. The van der Waals surface area contributed by atoms with Crippen LogP contribution in [-0.2, 0) is 0 Å². The topological polar surface area (TPSA) is 42.7 Å². The van der Waals surface area contributed by atoms with Gasteiger partial charge in [0.25, 0.3) is 0 Å². The molecule has 0 spiro atoms. The molecule has 0 radical (unpaired) electrons. The van der Waals surface area contributed by atoms with E-state index in [0.717, 1.165) is 23.8 Å². The zero-order valence-corrected chi connectivity index (χ0v) is 12.0. The smallest absolute Gasteiger partial charge is 0.138 e. The summed E-state index contributed by atoms with van der Waals surface area (Å²) in [5.74, 6) is 3.26. The number of rotatable bonds is 4. The van der Waals surface area contributed by atoms with Crippen molar-refractivity contribution in [3.63, 3.8) is 0 Å². The molecular weight excluding hydrogens is 280 g/mol. The Kier molecular flexibility index (Phi) is 3.94. The molecule has 4 nitrogen and oxygen atoms in total. The number of para-hydroxylation sites is 1. The first-order valence-electron chi connectivity index (χ1n) is 6.30. The molecule has 1 N–H and O–H groups in total. The third kappa shape index (κ3) is 2.87. The van der Waals surface area contributed by atoms with E-state index in [1.807, 2.05) is 30.0 Å². The number of hydrogen-bond donors (Lipinski definition) is 1. The molecule has 1 atom stereocenters. The fourth-order valence-electron chi connectivity index (χ4n) is 2.21. The van der Waals surface area contributed by atoms with E-state index < -0.39 is 0 Å². The van der Waals surface area contributed by atoms with Crippen molar-refractivity contribution >= 4 is 29.1 Å². The van der Waals surface area contributed by atoms with Crippen molar-refractivity contribution in [3.05, 3.63) is 35.9 Å². The first kappa shape index (κ1) is 12.8. The van der Waals surface area contributed by atoms with Crippen LogP contribution in [0.4, 0.5) is 5.69 Å². The number of anilines is 1. The van der Waals surface area contributed by atoms with E-state index >= 15 is 0 Å². The van der Waals surface area contributed by atoms with E-state index in [9.17, 15) is 0 Å². The second-order valence-electron chi connectivity index (χ2n) is 4.59. The Morgan fingerprint density at radius 2 is 2.42 bits per heavy atom. The summed E-state index contributed by atoms with van der Waals surface area (Å²) >= 11 is 8.31. The van der Waals surface area contributed by atoms with Crippen molar-refractivity contribution in [1.29, 1.82) is 0 Å². The summed E-state index contributed by atoms with van der Waals surface area (Å²) in [4.78, 5) is 3.98. The summed E-state index contributed by atoms with van der Waals surface area (Å²) in [6, 6.07) is 5.86. The highest BCUT2D eigenvalue weighted by atomic mass is 35.5. The van der Waals surface area contributed by atoms with E-state index in [1.54, 1.807) is 11.0 Å². The average Bonchev–Trinajstić information content (AvgIpc) is 3.09. The van der Waals surface area contributed by atoms with Gasteiger partial charge in [0.15, 0.2) is 0 Å². The fraction of sp³-hybridized carbons (Fsp3) is 0.385. The minimum atomic E-state index is 0.677. The van der Waals surface area contributed by atoms with Crippen LogP contribution in [0.2, 0.25) is 5.02 Å². The van der Waals surface area contributed by atoms with Crippen molar-refractivity contribution in [2.24, 2.45) is 5.92 Å². The van der Waals surface area contributed by atoms with E-state index in [1.165, 1.54) is 24.3 Å². The predicted molar refractivity (Wildman–Crippen MR) is 80.3 cm³/mol. The Labute approximate surface area is 121 Å². The zero-order valence-electron chi connectivity index (χ0n) is 10.4. The molecule has 1 aromatic heterocycles. The maximum Gasteiger partial charge on any atom is 0.138 e. The van der Waals surface area contributed by atoms with Crippen LogP contribution < -0.4 is 5.32 Å². The molecule has 19 heavy (non-hydrogen) atoms. The van der Waals surface area contributed by atoms with E-state index in [2.05, 4.69) is 15.4 Å². The van der Waals surface area contributed by atoms with Gasteiger partial charge in [-0.25, -0.2) is 9.67 Å². The Hall–Kier alpha value is -1.20. The van der Waals surface area contributed by atoms with Crippen molar-refractivity contribution in [2.45, 2.75) is 6.42 Å². The van der Waals surface area contributed by atoms with Crippen molar-refractivity contribution < 1.29 is 0 Å². The molecular formula is C13H15ClN4S. The Morgan fingerprint density at radius 1 is 1.47 bits per heavy atom. The van der Waals surface area contributed by atoms with Crippen molar-refractivity contribution in [1.82, 2.24) is 14.8 Å². The summed E-state index contributed by atoms with van der Waals surface area (Å²) in [5, 5.41) is 8.34. The molecule has 2 heterocycles. The van der Waals surface area contributed by atoms with Crippen LogP contribution in [0.5, 0.6) is 0 Å². The highest BCUT2D eigenvalue weighted by molar-refractivity contribution is 7.99. The number of halogens is 1. The average molecular weight is 295 g/mol. The highest BCUT2D eigenvalue weighted by Gasteiger charge is 2.16. The van der Waals surface area contributed by atoms with Crippen LogP contribution in [0.1, 0.15) is 6.42 Å². The van der Waals surface area contributed by atoms with Gasteiger partial charge in [-0.3, -0.25) is 0 Å². The monoisotopic (exact) mass is 294 g/mol. The van der Waals surface area contributed by atoms with Gasteiger partial charge in [0.05, 0.1) is 10.7 Å². The lowest BCUT2D eigenvalue weighted by Gasteiger charge is -2.15. The summed E-state index contributed by atoms with van der Waals surface area (Å²) in [7, 11) is 0. The number of hydrogen-bond acceptors (Lipinski definition) is 4. The molecule has 0 bridgehead atoms. The van der Waals surface area contributed by atoms with Gasteiger partial charge in [-0.1, -0.05) is 17.7 Å². The Balaban J connectivity index is 1.82. The van der Waals surface area contributed by atoms with Crippen LogP contribution in [0.15, 0.2) is 30.9 Å². The second-order valence-corrected chi connectivity index (χ2v) is 6.14. The molecule has 1 aromatic carbocycles. The van der Waals surface area contributed by atoms with Gasteiger partial charge in [0.2, 0.25) is 0 Å². The minimum Gasteiger partial charge on any atom is -0.383 e. The summed E-state index contributed by atoms with van der Waals surface area (Å²) in [5.41, 5.74) is 1.88. The quantitative estimate of drug-likeness (QED) is 0.941. The molecule has 6 heteroatoms. The first-order chi connectivity index (χ1) is 9.34. The number of nitrogens with one attached hydrogen (secondary N) is 1. The number of aromatic nitrogens is 3. The predicted octanol–water partition coefficient (Wildman–Crippen LogP) is 3.09. The Bertz CT molecular complexity index is 538. The highest BCUT2D eigenvalue weighted by Crippen LogP contribution is 2.29. The van der Waals surface area contributed by atoms with E-state index in [4.69, 9.17) is 11.6 Å². The van der Waals surface area contributed by atoms with E-state index in [-0.39, 0.29) is 0 Å². The molecule has 1 aliphatic rings. The SMILES string of the molecule is Clc1cccc(NCC2CCSC2)c1-n1cncn1. The second kappa shape index (κ2) is 5.84. The minimum absolute atomic E-state index is 0.677. The third-order valence-electron chi connectivity index (χ3n) is 3.24. The lowest BCUT2D eigenvalue weighted by atomic mass is 10.1. The van der Waals surface area contributed by atoms with Crippen LogP contribution >= 0.6 is 23.4 Å². The van der Waals surface area contributed by atoms with Crippen LogP contribution in [0.3, 0.4) is 0 Å². The standard InChI is InChI=1S/C13H15ClN4S/c14-11-2-1-3-12(13(11)18-9-15-8-17-18)16-6-10-4-5-19-7-10/h1-3,8-10,16H,4-7H2. The summed E-state index contributed by atoms with van der Waals surface area (Å²) in [6.07, 6.45) is 4.47. The molecule has 1 unspecified atom stereocenters. The Morgan fingerprint density at radius 3 is 3.16 bits per heavy atom. The normalized spacial score (nSPS) is 18.7. The van der Waals surface area contributed by atoms with Gasteiger partial charge in [-0.2, -0.15) is 16.9 Å². The molecule has 1 saturated heterocycles. The van der Waals surface area contributed by atoms with E-state index in [0.29, 0.717) is 5.02 Å². The third-order valence-corrected chi connectivity index (χ3v) is 4.78. The van der Waals surface area contributed by atoms with Crippen LogP contribution in [-0.4, -0.2) is 32.8 Å². The van der Waals surface area contributed by atoms with Crippen molar-refractivity contribution in [3.8, 4) is 5.69 Å². The molecule has 1 fully saturated rings. The lowest BCUT2D eigenvalue weighted by molar-refractivity contribution is 0.631. The van der Waals surface area contributed by atoms with Gasteiger partial charge in [-0.15, -0.1) is 0 Å². The van der Waals surface area contributed by atoms with Gasteiger partial charge in [0.1, 0.15) is 18.3 Å². The molecule has 0 amide bonds. The molecule has 1 aliphatic heterocycles. The lowest BCUT2D eigenvalue weighted by Crippen LogP contribution is -2.15. The van der Waals surface area contributed by atoms with Gasteiger partial charge in [0, 0.05) is 6.54 Å². The zero-order chi connectivity index (χ0) is 13.1. The summed E-state index contributed by atoms with van der Waals surface area (Å²) in [6.45, 7) is 0.981. The van der Waals surface area contributed by atoms with Crippen LogP contribution in [0.25, 0.3) is 5.69 Å². The molecule has 0 saturated carbocycles. The van der Waals surface area contributed by atoms with Gasteiger partial charge >= 0.3 is 0 Å². The molecule has 2 aromatic rings. The molecule has 3 rings (SSSR count). The van der Waals surface area contributed by atoms with Gasteiger partial charge < -0.3 is 5.32 Å². The number of nitrogens with zero attached hydrogens (tertiary/aromatic N) is 3. The van der Waals surface area contributed by atoms with Crippen molar-refractivity contribution in [2.75, 3.05) is 23.4 Å². The van der Waals surface area contributed by atoms with Crippen LogP contribution in [0, 0.1) is 5.92 Å². The first-order valence-corrected chi connectivity index (χ1v) is 7.83. The fourth-order valence-corrected chi connectivity index (χ4v) is 3.76. The molecule has 0 aliphatic carbocycles. The summed E-state index contributed by atoms with van der Waals surface area (Å²) < 4.78 is 1.70. The van der Waals surface area contributed by atoms with Gasteiger partial charge in [-0.05, 0) is 36.0 Å². The number of benzene rings is 1. The molecule has 100 valence electrons. The maximum atomic E-state index is 6.28. The largest absolute Gasteiger partial charge is 0.383 e. The maximum absolute atomic E-state index is 6.28.